The van der Waals surface area contributed by atoms with Crippen molar-refractivity contribution in [2.75, 3.05) is 19.5 Å². The number of hydrogen-bond donors (Lipinski definition) is 1. The summed E-state index contributed by atoms with van der Waals surface area (Å²) in [6, 6.07) is 10.2. The topological polar surface area (TPSA) is 54.3 Å². The second kappa shape index (κ2) is 7.13. The zero-order valence-electron chi connectivity index (χ0n) is 13.1. The van der Waals surface area contributed by atoms with Crippen molar-refractivity contribution in [2.24, 2.45) is 0 Å². The van der Waals surface area contributed by atoms with Gasteiger partial charge in [-0.2, -0.15) is 18.4 Å². The van der Waals surface area contributed by atoms with Crippen LogP contribution >= 0.6 is 0 Å². The summed E-state index contributed by atoms with van der Waals surface area (Å²) in [5, 5.41) is 11.7. The number of nitriles is 1. The quantitative estimate of drug-likeness (QED) is 0.889. The van der Waals surface area contributed by atoms with Gasteiger partial charge in [-0.25, -0.2) is 0 Å². The molecular formula is C17H15F3N2O2. The first-order valence-corrected chi connectivity index (χ1v) is 6.95. The van der Waals surface area contributed by atoms with Gasteiger partial charge >= 0.3 is 6.18 Å². The van der Waals surface area contributed by atoms with Gasteiger partial charge in [0.05, 0.1) is 31.4 Å². The van der Waals surface area contributed by atoms with Crippen LogP contribution in [0.15, 0.2) is 36.4 Å². The smallest absolute Gasteiger partial charge is 0.417 e. The van der Waals surface area contributed by atoms with E-state index in [4.69, 9.17) is 14.7 Å². The van der Waals surface area contributed by atoms with Gasteiger partial charge in [0, 0.05) is 17.8 Å². The number of halogens is 3. The molecule has 0 unspecified atom stereocenters. The van der Waals surface area contributed by atoms with E-state index in [1.807, 2.05) is 0 Å². The molecule has 2 rings (SSSR count). The molecule has 0 bridgehead atoms. The van der Waals surface area contributed by atoms with Crippen LogP contribution < -0.4 is 14.8 Å². The first-order valence-electron chi connectivity index (χ1n) is 6.95. The van der Waals surface area contributed by atoms with E-state index in [9.17, 15) is 13.2 Å². The zero-order valence-corrected chi connectivity index (χ0v) is 13.1. The predicted octanol–water partition coefficient (Wildman–Crippen LogP) is 4.21. The lowest BCUT2D eigenvalue weighted by Gasteiger charge is -2.14. The van der Waals surface area contributed by atoms with E-state index in [1.54, 1.807) is 24.3 Å². The summed E-state index contributed by atoms with van der Waals surface area (Å²) in [5.41, 5.74) is -0.388. The van der Waals surface area contributed by atoms with Crippen LogP contribution in [0.5, 0.6) is 11.5 Å². The largest absolute Gasteiger partial charge is 0.497 e. The number of rotatable bonds is 5. The average Bonchev–Trinajstić information content (AvgIpc) is 2.58. The summed E-state index contributed by atoms with van der Waals surface area (Å²) in [6.07, 6.45) is -4.59. The molecule has 0 aromatic heterocycles. The van der Waals surface area contributed by atoms with Crippen LogP contribution in [0.3, 0.4) is 0 Å². The molecule has 0 atom stereocenters. The highest BCUT2D eigenvalue weighted by atomic mass is 19.4. The fourth-order valence-electron chi connectivity index (χ4n) is 2.20. The molecular weight excluding hydrogens is 321 g/mol. The first-order chi connectivity index (χ1) is 11.4. The highest BCUT2D eigenvalue weighted by Crippen LogP contribution is 2.34. The van der Waals surface area contributed by atoms with E-state index < -0.39 is 17.3 Å². The number of anilines is 1. The predicted molar refractivity (Wildman–Crippen MR) is 83.0 cm³/mol. The maximum atomic E-state index is 13.0. The van der Waals surface area contributed by atoms with Gasteiger partial charge in [0.25, 0.3) is 0 Å². The Bertz CT molecular complexity index is 767. The molecule has 0 amide bonds. The summed E-state index contributed by atoms with van der Waals surface area (Å²) in [6.45, 7) is 0.240. The SMILES string of the molecule is COc1ccc(OC)c(CNc2ccc(C#N)c(C(F)(F)F)c2)c1. The Kier molecular flexibility index (Phi) is 5.19. The van der Waals surface area contributed by atoms with Crippen LogP contribution in [0.1, 0.15) is 16.7 Å². The first kappa shape index (κ1) is 17.5. The van der Waals surface area contributed by atoms with Crippen molar-refractivity contribution in [3.63, 3.8) is 0 Å². The molecule has 0 heterocycles. The third kappa shape index (κ3) is 3.90. The summed E-state index contributed by atoms with van der Waals surface area (Å²) < 4.78 is 49.3. The maximum Gasteiger partial charge on any atom is 0.417 e. The van der Waals surface area contributed by atoms with Crippen LogP contribution in [0.4, 0.5) is 18.9 Å². The number of ether oxygens (including phenoxy) is 2. The van der Waals surface area contributed by atoms with Crippen LogP contribution in [0.2, 0.25) is 0 Å². The molecule has 0 aliphatic heterocycles. The lowest BCUT2D eigenvalue weighted by Crippen LogP contribution is -2.09. The third-order valence-corrected chi connectivity index (χ3v) is 3.42. The molecule has 0 fully saturated rings. The van der Waals surface area contributed by atoms with Crippen LogP contribution in [-0.2, 0) is 12.7 Å². The van der Waals surface area contributed by atoms with Crippen LogP contribution in [0.25, 0.3) is 0 Å². The van der Waals surface area contributed by atoms with Gasteiger partial charge in [-0.05, 0) is 36.4 Å². The average molecular weight is 336 g/mol. The van der Waals surface area contributed by atoms with E-state index in [2.05, 4.69) is 5.32 Å². The van der Waals surface area contributed by atoms with E-state index in [1.165, 1.54) is 20.3 Å². The minimum Gasteiger partial charge on any atom is -0.497 e. The second-order valence-electron chi connectivity index (χ2n) is 4.90. The van der Waals surface area contributed by atoms with Gasteiger partial charge in [0.1, 0.15) is 11.5 Å². The maximum absolute atomic E-state index is 13.0. The number of methoxy groups -OCH3 is 2. The number of benzene rings is 2. The van der Waals surface area contributed by atoms with Gasteiger partial charge in [0.15, 0.2) is 0 Å². The van der Waals surface area contributed by atoms with Crippen molar-refractivity contribution in [1.29, 1.82) is 5.26 Å². The Balaban J connectivity index is 2.26. The Labute approximate surface area is 137 Å². The molecule has 2 aromatic rings. The fraction of sp³-hybridized carbons (Fsp3) is 0.235. The van der Waals surface area contributed by atoms with Crippen molar-refractivity contribution >= 4 is 5.69 Å². The molecule has 4 nitrogen and oxygen atoms in total. The number of nitrogens with zero attached hydrogens (tertiary/aromatic N) is 1. The van der Waals surface area contributed by atoms with Gasteiger partial charge in [0.2, 0.25) is 0 Å². The lowest BCUT2D eigenvalue weighted by molar-refractivity contribution is -0.137. The van der Waals surface area contributed by atoms with Crippen LogP contribution in [0, 0.1) is 11.3 Å². The van der Waals surface area contributed by atoms with Crippen LogP contribution in [-0.4, -0.2) is 14.2 Å². The molecule has 0 spiro atoms. The van der Waals surface area contributed by atoms with Gasteiger partial charge in [-0.1, -0.05) is 0 Å². The minimum atomic E-state index is -4.59. The number of nitrogens with one attached hydrogen (secondary N) is 1. The Morgan fingerprint density at radius 2 is 1.83 bits per heavy atom. The van der Waals surface area contributed by atoms with Crippen molar-refractivity contribution < 1.29 is 22.6 Å². The van der Waals surface area contributed by atoms with E-state index in [0.29, 0.717) is 11.5 Å². The zero-order chi connectivity index (χ0) is 17.7. The Morgan fingerprint density at radius 3 is 2.42 bits per heavy atom. The monoisotopic (exact) mass is 336 g/mol. The summed E-state index contributed by atoms with van der Waals surface area (Å²) >= 11 is 0. The van der Waals surface area contributed by atoms with Gasteiger partial charge in [-0.3, -0.25) is 0 Å². The van der Waals surface area contributed by atoms with Gasteiger partial charge in [-0.15, -0.1) is 0 Å². The summed E-state index contributed by atoms with van der Waals surface area (Å²) in [7, 11) is 3.03. The molecule has 7 heteroatoms. The summed E-state index contributed by atoms with van der Waals surface area (Å²) in [5.74, 6) is 1.20. The van der Waals surface area contributed by atoms with Crippen molar-refractivity contribution in [3.05, 3.63) is 53.1 Å². The molecule has 0 radical (unpaired) electrons. The Morgan fingerprint density at radius 1 is 1.08 bits per heavy atom. The molecule has 0 aliphatic rings. The highest BCUT2D eigenvalue weighted by Gasteiger charge is 2.33. The molecule has 126 valence electrons. The Hall–Kier alpha value is -2.88. The lowest BCUT2D eigenvalue weighted by atomic mass is 10.1. The number of alkyl halides is 3. The second-order valence-corrected chi connectivity index (χ2v) is 4.90. The van der Waals surface area contributed by atoms with E-state index in [0.717, 1.165) is 17.7 Å². The van der Waals surface area contributed by atoms with Crippen molar-refractivity contribution in [1.82, 2.24) is 0 Å². The van der Waals surface area contributed by atoms with Crippen molar-refractivity contribution in [3.8, 4) is 17.6 Å². The molecule has 2 aromatic carbocycles. The molecule has 1 N–H and O–H groups in total. The normalized spacial score (nSPS) is 10.8. The summed E-state index contributed by atoms with van der Waals surface area (Å²) in [4.78, 5) is 0. The third-order valence-electron chi connectivity index (χ3n) is 3.42. The van der Waals surface area contributed by atoms with Crippen molar-refractivity contribution in [2.45, 2.75) is 12.7 Å². The fourth-order valence-corrected chi connectivity index (χ4v) is 2.20. The highest BCUT2D eigenvalue weighted by molar-refractivity contribution is 5.54. The molecule has 0 aliphatic carbocycles. The van der Waals surface area contributed by atoms with E-state index >= 15 is 0 Å². The standard InChI is InChI=1S/C17H15F3N2O2/c1-23-14-5-6-16(24-2)12(7-14)10-22-13-4-3-11(9-21)15(8-13)17(18,19)20/h3-8,22H,10H2,1-2H3. The molecule has 0 saturated heterocycles. The van der Waals surface area contributed by atoms with E-state index in [-0.39, 0.29) is 12.2 Å². The minimum absolute atomic E-state index is 0.240. The molecule has 0 saturated carbocycles. The number of hydrogen-bond acceptors (Lipinski definition) is 4. The molecule has 24 heavy (non-hydrogen) atoms. The van der Waals surface area contributed by atoms with Gasteiger partial charge < -0.3 is 14.8 Å².